The summed E-state index contributed by atoms with van der Waals surface area (Å²) < 4.78 is 11.9. The van der Waals surface area contributed by atoms with E-state index in [1.54, 1.807) is 0 Å². The summed E-state index contributed by atoms with van der Waals surface area (Å²) in [6, 6.07) is 10.0. The summed E-state index contributed by atoms with van der Waals surface area (Å²) in [5.41, 5.74) is 2.09. The van der Waals surface area contributed by atoms with E-state index < -0.39 is 0 Å². The quantitative estimate of drug-likeness (QED) is 0.934. The van der Waals surface area contributed by atoms with Crippen LogP contribution in [0.25, 0.3) is 0 Å². The molecule has 1 aliphatic heterocycles. The van der Waals surface area contributed by atoms with Crippen LogP contribution in [-0.4, -0.2) is 17.6 Å². The summed E-state index contributed by atoms with van der Waals surface area (Å²) in [6.45, 7) is 4.67. The Hall–Kier alpha value is -2.23. The van der Waals surface area contributed by atoms with Gasteiger partial charge in [-0.05, 0) is 26.0 Å². The minimum absolute atomic E-state index is 0.155. The molecule has 0 unspecified atom stereocenters. The normalized spacial score (nSPS) is 15.2. The summed E-state index contributed by atoms with van der Waals surface area (Å²) in [7, 11) is 1.85. The number of nitrogens with zero attached hydrogens (tertiary/aromatic N) is 1. The molecular weight excluding hydrogens is 264 g/mol. The predicted molar refractivity (Wildman–Crippen MR) is 83.0 cm³/mol. The molecule has 0 spiro atoms. The van der Waals surface area contributed by atoms with Crippen LogP contribution in [0.15, 0.2) is 36.5 Å². The highest BCUT2D eigenvalue weighted by Crippen LogP contribution is 2.41. The summed E-state index contributed by atoms with van der Waals surface area (Å²) in [6.07, 6.45) is 2.73. The predicted octanol–water partition coefficient (Wildman–Crippen LogP) is 3.42. The molecule has 0 radical (unpaired) electrons. The molecule has 0 fully saturated rings. The number of hydrogen-bond donors (Lipinski definition) is 1. The van der Waals surface area contributed by atoms with Crippen LogP contribution in [0, 0.1) is 0 Å². The third-order valence-electron chi connectivity index (χ3n) is 3.53. The molecule has 2 heterocycles. The number of ether oxygens (including phenoxy) is 2. The fraction of sp³-hybridized carbons (Fsp3) is 0.353. The summed E-state index contributed by atoms with van der Waals surface area (Å²) >= 11 is 0. The molecule has 0 atom stereocenters. The lowest BCUT2D eigenvalue weighted by atomic mass is 10.0. The van der Waals surface area contributed by atoms with E-state index in [-0.39, 0.29) is 5.60 Å². The van der Waals surface area contributed by atoms with Crippen molar-refractivity contribution in [2.75, 3.05) is 12.4 Å². The second kappa shape index (κ2) is 5.28. The molecule has 3 rings (SSSR count). The number of para-hydroxylation sites is 1. The van der Waals surface area contributed by atoms with Gasteiger partial charge in [0, 0.05) is 30.8 Å². The molecule has 110 valence electrons. The number of aromatic nitrogens is 1. The van der Waals surface area contributed by atoms with E-state index in [0.29, 0.717) is 6.61 Å². The Bertz CT molecular complexity index is 636. The first-order chi connectivity index (χ1) is 10.1. The van der Waals surface area contributed by atoms with Crippen LogP contribution in [0.2, 0.25) is 0 Å². The van der Waals surface area contributed by atoms with Crippen molar-refractivity contribution in [3.8, 4) is 11.5 Å². The Balaban J connectivity index is 1.73. The Morgan fingerprint density at radius 3 is 2.86 bits per heavy atom. The van der Waals surface area contributed by atoms with E-state index >= 15 is 0 Å². The topological polar surface area (TPSA) is 43.4 Å². The zero-order valence-electron chi connectivity index (χ0n) is 12.6. The van der Waals surface area contributed by atoms with Gasteiger partial charge in [-0.3, -0.25) is 0 Å². The number of fused-ring (bicyclic) bond motifs is 1. The fourth-order valence-corrected chi connectivity index (χ4v) is 2.52. The van der Waals surface area contributed by atoms with Crippen molar-refractivity contribution >= 4 is 5.82 Å². The third-order valence-corrected chi connectivity index (χ3v) is 3.53. The van der Waals surface area contributed by atoms with E-state index in [9.17, 15) is 0 Å². The highest BCUT2D eigenvalue weighted by atomic mass is 16.5. The maximum Gasteiger partial charge on any atom is 0.165 e. The number of pyridine rings is 1. The smallest absolute Gasteiger partial charge is 0.165 e. The first-order valence-corrected chi connectivity index (χ1v) is 7.14. The molecule has 0 amide bonds. The van der Waals surface area contributed by atoms with Crippen molar-refractivity contribution in [1.82, 2.24) is 4.98 Å². The molecule has 2 aromatic rings. The van der Waals surface area contributed by atoms with E-state index in [2.05, 4.69) is 30.2 Å². The molecule has 1 N–H and O–H groups in total. The number of anilines is 1. The minimum Gasteiger partial charge on any atom is -0.485 e. The fourth-order valence-electron chi connectivity index (χ4n) is 2.52. The Morgan fingerprint density at radius 2 is 2.14 bits per heavy atom. The van der Waals surface area contributed by atoms with E-state index in [1.165, 1.54) is 5.56 Å². The Labute approximate surface area is 125 Å². The number of benzene rings is 1. The van der Waals surface area contributed by atoms with E-state index in [1.807, 2.05) is 37.5 Å². The highest BCUT2D eigenvalue weighted by Gasteiger charge is 2.32. The average Bonchev–Trinajstić information content (AvgIpc) is 2.80. The van der Waals surface area contributed by atoms with Crippen LogP contribution >= 0.6 is 0 Å². The second-order valence-electron chi connectivity index (χ2n) is 5.87. The molecule has 1 aromatic heterocycles. The van der Waals surface area contributed by atoms with Crippen LogP contribution in [0.3, 0.4) is 0 Å². The number of hydrogen-bond acceptors (Lipinski definition) is 4. The van der Waals surface area contributed by atoms with Gasteiger partial charge in [-0.2, -0.15) is 0 Å². The summed E-state index contributed by atoms with van der Waals surface area (Å²) in [5, 5.41) is 3.00. The molecule has 0 saturated carbocycles. The largest absolute Gasteiger partial charge is 0.485 e. The van der Waals surface area contributed by atoms with Crippen LogP contribution in [0.4, 0.5) is 5.82 Å². The third kappa shape index (κ3) is 2.94. The van der Waals surface area contributed by atoms with Gasteiger partial charge in [-0.25, -0.2) is 4.98 Å². The maximum atomic E-state index is 6.00. The van der Waals surface area contributed by atoms with Crippen LogP contribution < -0.4 is 14.8 Å². The van der Waals surface area contributed by atoms with Crippen LogP contribution in [0.5, 0.6) is 11.5 Å². The van der Waals surface area contributed by atoms with Gasteiger partial charge in [0.05, 0.1) is 0 Å². The van der Waals surface area contributed by atoms with Gasteiger partial charge in [0.2, 0.25) is 0 Å². The molecule has 0 aliphatic carbocycles. The summed E-state index contributed by atoms with van der Waals surface area (Å²) in [5.74, 6) is 2.53. The molecule has 0 saturated heterocycles. The molecule has 1 aromatic carbocycles. The first-order valence-electron chi connectivity index (χ1n) is 7.14. The number of nitrogens with one attached hydrogen (secondary N) is 1. The Kier molecular flexibility index (Phi) is 3.45. The van der Waals surface area contributed by atoms with E-state index in [4.69, 9.17) is 9.47 Å². The van der Waals surface area contributed by atoms with E-state index in [0.717, 1.165) is 29.3 Å². The Morgan fingerprint density at radius 1 is 1.29 bits per heavy atom. The number of rotatable bonds is 4. The lowest BCUT2D eigenvalue weighted by molar-refractivity contribution is 0.131. The molecule has 21 heavy (non-hydrogen) atoms. The van der Waals surface area contributed by atoms with Crippen LogP contribution in [0.1, 0.15) is 25.0 Å². The standard InChI is InChI=1S/C17H20N2O2/c1-17(2)9-13-5-4-6-14(16(13)21-17)20-11-12-7-8-15(18-3)19-10-12/h4-8,10H,9,11H2,1-3H3,(H,18,19). The SMILES string of the molecule is CNc1ccc(COc2cccc3c2OC(C)(C)C3)cn1. The average molecular weight is 284 g/mol. The lowest BCUT2D eigenvalue weighted by Crippen LogP contribution is -2.24. The zero-order chi connectivity index (χ0) is 14.9. The van der Waals surface area contributed by atoms with Gasteiger partial charge in [-0.15, -0.1) is 0 Å². The van der Waals surface area contributed by atoms with Gasteiger partial charge in [0.25, 0.3) is 0 Å². The lowest BCUT2D eigenvalue weighted by Gasteiger charge is -2.18. The van der Waals surface area contributed by atoms with Gasteiger partial charge in [-0.1, -0.05) is 18.2 Å². The second-order valence-corrected chi connectivity index (χ2v) is 5.87. The van der Waals surface area contributed by atoms with Gasteiger partial charge < -0.3 is 14.8 Å². The van der Waals surface area contributed by atoms with Gasteiger partial charge in [0.15, 0.2) is 11.5 Å². The van der Waals surface area contributed by atoms with Crippen molar-refractivity contribution in [2.45, 2.75) is 32.5 Å². The zero-order valence-corrected chi connectivity index (χ0v) is 12.6. The van der Waals surface area contributed by atoms with Crippen molar-refractivity contribution in [1.29, 1.82) is 0 Å². The summed E-state index contributed by atoms with van der Waals surface area (Å²) in [4.78, 5) is 4.28. The molecular formula is C17H20N2O2. The van der Waals surface area contributed by atoms with Crippen molar-refractivity contribution < 1.29 is 9.47 Å². The maximum absolute atomic E-state index is 6.00. The molecule has 0 bridgehead atoms. The molecule has 4 heteroatoms. The minimum atomic E-state index is -0.155. The van der Waals surface area contributed by atoms with Gasteiger partial charge >= 0.3 is 0 Å². The van der Waals surface area contributed by atoms with Crippen molar-refractivity contribution in [2.24, 2.45) is 0 Å². The molecule has 4 nitrogen and oxygen atoms in total. The monoisotopic (exact) mass is 284 g/mol. The highest BCUT2D eigenvalue weighted by molar-refractivity contribution is 5.50. The van der Waals surface area contributed by atoms with Gasteiger partial charge in [0.1, 0.15) is 18.0 Å². The molecule has 1 aliphatic rings. The van der Waals surface area contributed by atoms with Crippen molar-refractivity contribution in [3.05, 3.63) is 47.7 Å². The van der Waals surface area contributed by atoms with Crippen molar-refractivity contribution in [3.63, 3.8) is 0 Å². The first kappa shape index (κ1) is 13.7. The van der Waals surface area contributed by atoms with Crippen LogP contribution in [-0.2, 0) is 13.0 Å².